The Labute approximate surface area is 125 Å². The fraction of sp³-hybridized carbons (Fsp3) is 0.167. The summed E-state index contributed by atoms with van der Waals surface area (Å²) in [4.78, 5) is 15.7. The Balaban J connectivity index is 2.20. The molecule has 0 aliphatic heterocycles. The quantitative estimate of drug-likeness (QED) is 0.809. The number of primary sulfonamides is 1. The minimum atomic E-state index is -3.72. The van der Waals surface area contributed by atoms with Gasteiger partial charge >= 0.3 is 5.97 Å². The van der Waals surface area contributed by atoms with E-state index in [0.717, 1.165) is 0 Å². The highest BCUT2D eigenvalue weighted by Crippen LogP contribution is 2.26. The van der Waals surface area contributed by atoms with Crippen LogP contribution in [0.25, 0.3) is 0 Å². The number of nitrogens with zero attached hydrogens (tertiary/aromatic N) is 1. The van der Waals surface area contributed by atoms with Crippen molar-refractivity contribution in [3.63, 3.8) is 0 Å². The Hall–Kier alpha value is -1.97. The molecule has 9 heteroatoms. The summed E-state index contributed by atoms with van der Waals surface area (Å²) >= 11 is 1.24. The predicted molar refractivity (Wildman–Crippen MR) is 79.2 cm³/mol. The first-order valence-electron chi connectivity index (χ1n) is 5.92. The molecule has 2 aromatic rings. The van der Waals surface area contributed by atoms with Crippen LogP contribution in [0, 0.1) is 0 Å². The molecule has 1 heterocycles. The van der Waals surface area contributed by atoms with Gasteiger partial charge in [-0.3, -0.25) is 0 Å². The smallest absolute Gasteiger partial charge is 0.360 e. The van der Waals surface area contributed by atoms with Gasteiger partial charge in [0.1, 0.15) is 5.00 Å². The first-order valence-corrected chi connectivity index (χ1v) is 8.35. The molecular weight excluding hydrogens is 314 g/mol. The van der Waals surface area contributed by atoms with Gasteiger partial charge < -0.3 is 10.1 Å². The molecule has 0 aliphatic rings. The van der Waals surface area contributed by atoms with Crippen molar-refractivity contribution in [3.05, 3.63) is 35.5 Å². The van der Waals surface area contributed by atoms with Crippen molar-refractivity contribution in [2.75, 3.05) is 11.9 Å². The fourth-order valence-electron chi connectivity index (χ4n) is 1.54. The van der Waals surface area contributed by atoms with Gasteiger partial charge in [0.15, 0.2) is 5.69 Å². The third-order valence-electron chi connectivity index (χ3n) is 2.48. The van der Waals surface area contributed by atoms with Crippen LogP contribution in [0.4, 0.5) is 10.7 Å². The van der Waals surface area contributed by atoms with Crippen molar-refractivity contribution < 1.29 is 17.9 Å². The number of nitrogens with one attached hydrogen (secondary N) is 1. The number of aromatic nitrogens is 1. The average Bonchev–Trinajstić information content (AvgIpc) is 2.87. The van der Waals surface area contributed by atoms with E-state index in [-0.39, 0.29) is 17.2 Å². The minimum absolute atomic E-state index is 0.0166. The number of thiazole rings is 1. The van der Waals surface area contributed by atoms with Gasteiger partial charge in [-0.25, -0.2) is 23.3 Å². The van der Waals surface area contributed by atoms with Crippen LogP contribution >= 0.6 is 11.3 Å². The van der Waals surface area contributed by atoms with Gasteiger partial charge in [-0.15, -0.1) is 11.3 Å². The van der Waals surface area contributed by atoms with Crippen LogP contribution in [-0.4, -0.2) is 26.0 Å². The third kappa shape index (κ3) is 3.78. The van der Waals surface area contributed by atoms with Gasteiger partial charge in [-0.2, -0.15) is 0 Å². The monoisotopic (exact) mass is 327 g/mol. The van der Waals surface area contributed by atoms with Crippen LogP contribution in [0.15, 0.2) is 34.7 Å². The summed E-state index contributed by atoms with van der Waals surface area (Å²) in [5.41, 5.74) is 2.32. The zero-order chi connectivity index (χ0) is 15.5. The Bertz CT molecular complexity index is 738. The molecule has 2 rings (SSSR count). The van der Waals surface area contributed by atoms with Crippen LogP contribution in [0.3, 0.4) is 0 Å². The Morgan fingerprint density at radius 2 is 2.05 bits per heavy atom. The Morgan fingerprint density at radius 3 is 2.62 bits per heavy atom. The van der Waals surface area contributed by atoms with Crippen molar-refractivity contribution in [3.8, 4) is 0 Å². The number of hydrogen-bond donors (Lipinski definition) is 2. The van der Waals surface area contributed by atoms with Gasteiger partial charge in [-0.05, 0) is 31.2 Å². The molecule has 0 spiro atoms. The van der Waals surface area contributed by atoms with E-state index in [2.05, 4.69) is 10.3 Å². The lowest BCUT2D eigenvalue weighted by Gasteiger charge is -2.06. The molecular formula is C12H13N3O4S2. The minimum Gasteiger partial charge on any atom is -0.461 e. The lowest BCUT2D eigenvalue weighted by molar-refractivity contribution is 0.0521. The number of anilines is 2. The standard InChI is InChI=1S/C12H13N3O4S2/c1-2-19-12(16)10-11(20-7-14-10)15-8-3-5-9(6-4-8)21(13,17)18/h3-7,15H,2H2,1H3,(H2,13,17,18). The van der Waals surface area contributed by atoms with Crippen LogP contribution in [0.2, 0.25) is 0 Å². The van der Waals surface area contributed by atoms with Crippen LogP contribution in [-0.2, 0) is 14.8 Å². The van der Waals surface area contributed by atoms with Gasteiger partial charge in [0.05, 0.1) is 17.0 Å². The van der Waals surface area contributed by atoms with Crippen LogP contribution in [0.1, 0.15) is 17.4 Å². The first kappa shape index (κ1) is 15.4. The molecule has 0 aliphatic carbocycles. The van der Waals surface area contributed by atoms with Crippen molar-refractivity contribution >= 4 is 38.0 Å². The molecule has 0 fully saturated rings. The molecule has 0 saturated heterocycles. The summed E-state index contributed by atoms with van der Waals surface area (Å²) < 4.78 is 27.2. The molecule has 0 amide bonds. The number of esters is 1. The maximum Gasteiger partial charge on any atom is 0.360 e. The van der Waals surface area contributed by atoms with E-state index in [9.17, 15) is 13.2 Å². The summed E-state index contributed by atoms with van der Waals surface area (Å²) in [6, 6.07) is 5.86. The summed E-state index contributed by atoms with van der Waals surface area (Å²) in [5, 5.41) is 8.54. The van der Waals surface area contributed by atoms with Gasteiger partial charge in [0.2, 0.25) is 10.0 Å². The highest BCUT2D eigenvalue weighted by atomic mass is 32.2. The topological polar surface area (TPSA) is 111 Å². The summed E-state index contributed by atoms with van der Waals surface area (Å²) in [7, 11) is -3.72. The van der Waals surface area contributed by atoms with Crippen molar-refractivity contribution in [2.24, 2.45) is 5.14 Å². The SMILES string of the molecule is CCOC(=O)c1ncsc1Nc1ccc(S(N)(=O)=O)cc1. The number of hydrogen-bond acceptors (Lipinski definition) is 7. The van der Waals surface area contributed by atoms with Crippen molar-refractivity contribution in [1.29, 1.82) is 0 Å². The number of carbonyl (C=O) groups excluding carboxylic acids is 1. The van der Waals surface area contributed by atoms with E-state index < -0.39 is 16.0 Å². The molecule has 0 saturated carbocycles. The molecule has 0 unspecified atom stereocenters. The van der Waals surface area contributed by atoms with Crippen LogP contribution < -0.4 is 10.5 Å². The average molecular weight is 327 g/mol. The van der Waals surface area contributed by atoms with Crippen LogP contribution in [0.5, 0.6) is 0 Å². The zero-order valence-electron chi connectivity index (χ0n) is 11.1. The molecule has 0 atom stereocenters. The second-order valence-electron chi connectivity index (χ2n) is 3.94. The molecule has 3 N–H and O–H groups in total. The first-order chi connectivity index (χ1) is 9.91. The highest BCUT2D eigenvalue weighted by Gasteiger charge is 2.16. The van der Waals surface area contributed by atoms with Crippen molar-refractivity contribution in [1.82, 2.24) is 4.98 Å². The number of sulfonamides is 1. The molecule has 112 valence electrons. The lowest BCUT2D eigenvalue weighted by Crippen LogP contribution is -2.11. The molecule has 7 nitrogen and oxygen atoms in total. The second kappa shape index (κ2) is 6.20. The van der Waals surface area contributed by atoms with Gasteiger partial charge in [0.25, 0.3) is 0 Å². The number of nitrogens with two attached hydrogens (primary N) is 1. The maximum atomic E-state index is 11.7. The Kier molecular flexibility index (Phi) is 4.56. The Morgan fingerprint density at radius 1 is 1.38 bits per heavy atom. The van der Waals surface area contributed by atoms with E-state index in [4.69, 9.17) is 9.88 Å². The third-order valence-corrected chi connectivity index (χ3v) is 4.15. The highest BCUT2D eigenvalue weighted by molar-refractivity contribution is 7.89. The summed E-state index contributed by atoms with van der Waals surface area (Å²) in [6.45, 7) is 1.97. The van der Waals surface area contributed by atoms with E-state index in [0.29, 0.717) is 10.7 Å². The van der Waals surface area contributed by atoms with E-state index in [1.807, 2.05) is 0 Å². The maximum absolute atomic E-state index is 11.7. The molecule has 0 bridgehead atoms. The van der Waals surface area contributed by atoms with Crippen molar-refractivity contribution in [2.45, 2.75) is 11.8 Å². The van der Waals surface area contributed by atoms with E-state index in [1.165, 1.54) is 29.0 Å². The molecule has 1 aromatic heterocycles. The predicted octanol–water partition coefficient (Wildman–Crippen LogP) is 1.71. The number of benzene rings is 1. The normalized spacial score (nSPS) is 11.1. The van der Waals surface area contributed by atoms with E-state index >= 15 is 0 Å². The van der Waals surface area contributed by atoms with Gasteiger partial charge in [0, 0.05) is 5.69 Å². The fourth-order valence-corrected chi connectivity index (χ4v) is 2.74. The van der Waals surface area contributed by atoms with Gasteiger partial charge in [-0.1, -0.05) is 0 Å². The lowest BCUT2D eigenvalue weighted by atomic mass is 10.3. The number of ether oxygens (including phenoxy) is 1. The second-order valence-corrected chi connectivity index (χ2v) is 6.36. The molecule has 0 radical (unpaired) electrons. The number of carbonyl (C=O) groups is 1. The molecule has 21 heavy (non-hydrogen) atoms. The largest absolute Gasteiger partial charge is 0.461 e. The van der Waals surface area contributed by atoms with E-state index in [1.54, 1.807) is 19.1 Å². The molecule has 1 aromatic carbocycles. The number of rotatable bonds is 5. The zero-order valence-corrected chi connectivity index (χ0v) is 12.7. The summed E-state index contributed by atoms with van der Waals surface area (Å²) in [5.74, 6) is -0.512. The summed E-state index contributed by atoms with van der Waals surface area (Å²) in [6.07, 6.45) is 0.